The molecule has 0 aliphatic carbocycles. The Morgan fingerprint density at radius 2 is 0.815 bits per heavy atom. The summed E-state index contributed by atoms with van der Waals surface area (Å²) in [6.07, 6.45) is 0. The molecule has 0 unspecified atom stereocenters. The number of benzene rings is 2. The molecule has 13 heteroatoms. The van der Waals surface area contributed by atoms with Crippen LogP contribution in [0.4, 0.5) is 35.1 Å². The minimum atomic E-state index is -2.17. The van der Waals surface area contributed by atoms with Crippen LogP contribution in [0.2, 0.25) is 0 Å². The molecule has 4 nitrogen and oxygen atoms in total. The van der Waals surface area contributed by atoms with Crippen molar-refractivity contribution in [1.29, 1.82) is 0 Å². The number of carboxylic acid groups (broad SMARTS) is 2. The fourth-order valence-corrected chi connectivity index (χ4v) is 1.44. The standard InChI is InChI=1S/2C7H2F4O2.Mg/c2*8-3-1-2(7(12)13)4(9)6(11)5(3)10;/h2*1H,(H,12,13);/q;;+2/p-2. The van der Waals surface area contributed by atoms with Gasteiger partial charge in [-0.05, 0) is 12.1 Å². The van der Waals surface area contributed by atoms with Gasteiger partial charge in [-0.3, -0.25) is 0 Å². The Balaban J connectivity index is 0.000000483. The maximum absolute atomic E-state index is 12.5. The Hall–Kier alpha value is -2.41. The van der Waals surface area contributed by atoms with Crippen LogP contribution < -0.4 is 10.2 Å². The zero-order chi connectivity index (χ0) is 20.3. The van der Waals surface area contributed by atoms with Crippen molar-refractivity contribution >= 4 is 35.0 Å². The molecular formula is C14H2F8MgO4. The van der Waals surface area contributed by atoms with Gasteiger partial charge in [0.15, 0.2) is 46.5 Å². The van der Waals surface area contributed by atoms with Crippen LogP contribution in [0.5, 0.6) is 0 Å². The van der Waals surface area contributed by atoms with E-state index in [1.807, 2.05) is 0 Å². The molecule has 0 atom stereocenters. The number of carboxylic acids is 2. The predicted molar refractivity (Wildman–Crippen MR) is 67.0 cm³/mol. The molecule has 2 aromatic rings. The zero-order valence-electron chi connectivity index (χ0n) is 12.5. The van der Waals surface area contributed by atoms with Gasteiger partial charge in [-0.25, -0.2) is 35.1 Å². The molecule has 2 rings (SSSR count). The van der Waals surface area contributed by atoms with Gasteiger partial charge in [0.05, 0.1) is 11.9 Å². The third kappa shape index (κ3) is 5.29. The van der Waals surface area contributed by atoms with Crippen molar-refractivity contribution in [3.63, 3.8) is 0 Å². The van der Waals surface area contributed by atoms with E-state index in [2.05, 4.69) is 0 Å². The molecule has 0 amide bonds. The van der Waals surface area contributed by atoms with Crippen molar-refractivity contribution in [2.75, 3.05) is 0 Å². The summed E-state index contributed by atoms with van der Waals surface area (Å²) in [7, 11) is 0. The quantitative estimate of drug-likeness (QED) is 0.318. The van der Waals surface area contributed by atoms with Crippen molar-refractivity contribution in [2.24, 2.45) is 0 Å². The summed E-state index contributed by atoms with van der Waals surface area (Å²) in [5, 5.41) is 20.1. The molecule has 0 radical (unpaired) electrons. The predicted octanol–water partition coefficient (Wildman–Crippen LogP) is 0.832. The van der Waals surface area contributed by atoms with Gasteiger partial charge in [0.1, 0.15) is 0 Å². The average Bonchev–Trinajstić information content (AvgIpc) is 2.57. The van der Waals surface area contributed by atoms with E-state index in [-0.39, 0.29) is 35.2 Å². The third-order valence-corrected chi connectivity index (χ3v) is 2.65. The molecule has 0 aromatic heterocycles. The number of rotatable bonds is 2. The van der Waals surface area contributed by atoms with Crippen LogP contribution in [-0.2, 0) is 0 Å². The van der Waals surface area contributed by atoms with E-state index in [0.29, 0.717) is 0 Å². The Labute approximate surface area is 160 Å². The van der Waals surface area contributed by atoms with Gasteiger partial charge in [-0.2, -0.15) is 0 Å². The molecule has 0 heterocycles. The van der Waals surface area contributed by atoms with Gasteiger partial charge in [0, 0.05) is 11.1 Å². The van der Waals surface area contributed by atoms with E-state index < -0.39 is 69.6 Å². The summed E-state index contributed by atoms with van der Waals surface area (Å²) in [6.45, 7) is 0. The number of hydrogen-bond donors (Lipinski definition) is 0. The molecule has 0 spiro atoms. The fraction of sp³-hybridized carbons (Fsp3) is 0. The Morgan fingerprint density at radius 3 is 1.04 bits per heavy atom. The number of carbonyl (C=O) groups is 2. The van der Waals surface area contributed by atoms with E-state index in [0.717, 1.165) is 0 Å². The first-order valence-corrected chi connectivity index (χ1v) is 5.98. The van der Waals surface area contributed by atoms with Gasteiger partial charge in [-0.15, -0.1) is 0 Å². The molecule has 2 aromatic carbocycles. The maximum Gasteiger partial charge on any atom is 2.00 e. The normalized spacial score (nSPS) is 9.78. The van der Waals surface area contributed by atoms with Gasteiger partial charge >= 0.3 is 23.1 Å². The average molecular weight is 410 g/mol. The van der Waals surface area contributed by atoms with Crippen LogP contribution in [0.15, 0.2) is 12.1 Å². The number of aromatic carboxylic acids is 2. The molecule has 0 aliphatic heterocycles. The Bertz CT molecular complexity index is 830. The summed E-state index contributed by atoms with van der Waals surface area (Å²) in [4.78, 5) is 20.1. The molecule has 140 valence electrons. The summed E-state index contributed by atoms with van der Waals surface area (Å²) in [5.41, 5.74) is -2.70. The smallest absolute Gasteiger partial charge is 0.545 e. The first kappa shape index (κ1) is 24.6. The minimum absolute atomic E-state index is 0. The van der Waals surface area contributed by atoms with Crippen LogP contribution in [0, 0.1) is 46.5 Å². The maximum atomic E-state index is 12.5. The fourth-order valence-electron chi connectivity index (χ4n) is 1.44. The first-order chi connectivity index (χ1) is 11.9. The molecule has 0 bridgehead atoms. The zero-order valence-corrected chi connectivity index (χ0v) is 13.9. The third-order valence-electron chi connectivity index (χ3n) is 2.65. The molecule has 0 N–H and O–H groups in total. The molecule has 0 fully saturated rings. The molecule has 0 saturated heterocycles. The van der Waals surface area contributed by atoms with Crippen molar-refractivity contribution in [2.45, 2.75) is 0 Å². The number of halogens is 8. The second-order valence-electron chi connectivity index (χ2n) is 4.27. The van der Waals surface area contributed by atoms with Crippen LogP contribution in [-0.4, -0.2) is 35.0 Å². The van der Waals surface area contributed by atoms with E-state index in [1.54, 1.807) is 0 Å². The van der Waals surface area contributed by atoms with Crippen molar-refractivity contribution in [1.82, 2.24) is 0 Å². The van der Waals surface area contributed by atoms with Gasteiger partial charge in [-0.1, -0.05) is 0 Å². The monoisotopic (exact) mass is 410 g/mol. The molecule has 0 aliphatic rings. The largest absolute Gasteiger partial charge is 2.00 e. The molecule has 27 heavy (non-hydrogen) atoms. The van der Waals surface area contributed by atoms with Gasteiger partial charge in [0.25, 0.3) is 0 Å². The van der Waals surface area contributed by atoms with E-state index >= 15 is 0 Å². The second kappa shape index (κ2) is 9.50. The Kier molecular flexibility index (Phi) is 8.65. The SMILES string of the molecule is O=C([O-])c1cc(F)c(F)c(F)c1F.O=C([O-])c1cc(F)c(F)c(F)c1F.[Mg+2]. The van der Waals surface area contributed by atoms with Gasteiger partial charge < -0.3 is 19.8 Å². The summed E-state index contributed by atoms with van der Waals surface area (Å²) in [5.74, 6) is -20.2. The van der Waals surface area contributed by atoms with Crippen molar-refractivity contribution < 1.29 is 54.9 Å². The van der Waals surface area contributed by atoms with Gasteiger partial charge in [0.2, 0.25) is 0 Å². The van der Waals surface area contributed by atoms with E-state index in [1.165, 1.54) is 0 Å². The first-order valence-electron chi connectivity index (χ1n) is 5.98. The van der Waals surface area contributed by atoms with E-state index in [9.17, 15) is 54.9 Å². The van der Waals surface area contributed by atoms with Crippen molar-refractivity contribution in [3.05, 3.63) is 69.8 Å². The number of carbonyl (C=O) groups excluding carboxylic acids is 2. The van der Waals surface area contributed by atoms with Crippen LogP contribution in [0.25, 0.3) is 0 Å². The van der Waals surface area contributed by atoms with E-state index in [4.69, 9.17) is 0 Å². The van der Waals surface area contributed by atoms with Crippen LogP contribution in [0.3, 0.4) is 0 Å². The Morgan fingerprint density at radius 1 is 0.556 bits per heavy atom. The number of hydrogen-bond acceptors (Lipinski definition) is 4. The van der Waals surface area contributed by atoms with Crippen LogP contribution >= 0.6 is 0 Å². The van der Waals surface area contributed by atoms with Crippen LogP contribution in [0.1, 0.15) is 20.7 Å². The molecular weight excluding hydrogens is 408 g/mol. The summed E-state index contributed by atoms with van der Waals surface area (Å²) < 4.78 is 98.7. The summed E-state index contributed by atoms with van der Waals surface area (Å²) >= 11 is 0. The van der Waals surface area contributed by atoms with Crippen molar-refractivity contribution in [3.8, 4) is 0 Å². The topological polar surface area (TPSA) is 80.3 Å². The summed E-state index contributed by atoms with van der Waals surface area (Å²) in [6, 6.07) is 0.0339. The molecule has 0 saturated carbocycles. The minimum Gasteiger partial charge on any atom is -0.545 e. The second-order valence-corrected chi connectivity index (χ2v) is 4.27.